The van der Waals surface area contributed by atoms with Crippen LogP contribution in [-0.2, 0) is 9.53 Å². The minimum Gasteiger partial charge on any atom is -0.490 e. The smallest absolute Gasteiger partial charge is 0.246 e. The first-order valence-corrected chi connectivity index (χ1v) is 8.09. The molecule has 0 radical (unpaired) electrons. The second kappa shape index (κ2) is 7.84. The number of benzene rings is 2. The standard InChI is InChI=1S/C19H21NO4/c1-2-22-15-10-6-7-11-16(15)24-19(14-8-4-3-5-9-14)17-12-20-18(21)13-23-17/h3-11,17,19H,2,12-13H2,1H3,(H,20,21)/t17-,19-/m0/s1. The van der Waals surface area contributed by atoms with Crippen LogP contribution < -0.4 is 14.8 Å². The fourth-order valence-electron chi connectivity index (χ4n) is 2.66. The van der Waals surface area contributed by atoms with Crippen molar-refractivity contribution in [2.45, 2.75) is 19.1 Å². The number of rotatable bonds is 6. The normalized spacial score (nSPS) is 18.5. The molecule has 1 aliphatic heterocycles. The Morgan fingerprint density at radius 2 is 1.83 bits per heavy atom. The molecular formula is C19H21NO4. The minimum absolute atomic E-state index is 0.0461. The summed E-state index contributed by atoms with van der Waals surface area (Å²) in [6, 6.07) is 17.4. The zero-order valence-corrected chi connectivity index (χ0v) is 13.6. The molecule has 5 nitrogen and oxygen atoms in total. The Morgan fingerprint density at radius 1 is 1.12 bits per heavy atom. The summed E-state index contributed by atoms with van der Waals surface area (Å²) in [5, 5.41) is 2.83. The van der Waals surface area contributed by atoms with Crippen LogP contribution in [0.2, 0.25) is 0 Å². The van der Waals surface area contributed by atoms with Crippen LogP contribution >= 0.6 is 0 Å². The molecule has 1 aliphatic rings. The molecule has 0 bridgehead atoms. The van der Waals surface area contributed by atoms with Gasteiger partial charge in [0.15, 0.2) is 17.6 Å². The fraction of sp³-hybridized carbons (Fsp3) is 0.316. The van der Waals surface area contributed by atoms with Crippen LogP contribution in [-0.4, -0.2) is 31.8 Å². The van der Waals surface area contributed by atoms with E-state index in [0.717, 1.165) is 5.56 Å². The maximum Gasteiger partial charge on any atom is 0.246 e. The van der Waals surface area contributed by atoms with E-state index in [1.54, 1.807) is 0 Å². The Kier molecular flexibility index (Phi) is 5.33. The van der Waals surface area contributed by atoms with E-state index in [4.69, 9.17) is 14.2 Å². The largest absolute Gasteiger partial charge is 0.490 e. The first-order chi connectivity index (χ1) is 11.8. The molecule has 1 amide bonds. The summed E-state index contributed by atoms with van der Waals surface area (Å²) in [7, 11) is 0. The van der Waals surface area contributed by atoms with Crippen molar-refractivity contribution in [1.29, 1.82) is 0 Å². The van der Waals surface area contributed by atoms with Crippen LogP contribution in [0, 0.1) is 0 Å². The molecule has 24 heavy (non-hydrogen) atoms. The highest BCUT2D eigenvalue weighted by Crippen LogP contribution is 2.33. The van der Waals surface area contributed by atoms with Crippen LogP contribution in [0.15, 0.2) is 54.6 Å². The van der Waals surface area contributed by atoms with Crippen LogP contribution in [0.25, 0.3) is 0 Å². The number of hydrogen-bond donors (Lipinski definition) is 1. The fourth-order valence-corrected chi connectivity index (χ4v) is 2.66. The van der Waals surface area contributed by atoms with E-state index in [9.17, 15) is 4.79 Å². The second-order valence-electron chi connectivity index (χ2n) is 5.48. The molecule has 3 rings (SSSR count). The van der Waals surface area contributed by atoms with Crippen molar-refractivity contribution in [3.63, 3.8) is 0 Å². The summed E-state index contributed by atoms with van der Waals surface area (Å²) in [5.41, 5.74) is 0.991. The van der Waals surface area contributed by atoms with E-state index < -0.39 is 0 Å². The average Bonchev–Trinajstić information content (AvgIpc) is 2.63. The zero-order valence-electron chi connectivity index (χ0n) is 13.6. The Bertz CT molecular complexity index is 664. The van der Waals surface area contributed by atoms with Gasteiger partial charge in [-0.2, -0.15) is 0 Å². The highest BCUT2D eigenvalue weighted by Gasteiger charge is 2.30. The lowest BCUT2D eigenvalue weighted by Crippen LogP contribution is -2.46. The molecule has 2 atom stereocenters. The molecule has 126 valence electrons. The monoisotopic (exact) mass is 327 g/mol. The summed E-state index contributed by atoms with van der Waals surface area (Å²) in [4.78, 5) is 11.4. The molecule has 1 fully saturated rings. The van der Waals surface area contributed by atoms with Gasteiger partial charge in [0.1, 0.15) is 12.7 Å². The van der Waals surface area contributed by atoms with Gasteiger partial charge in [0.25, 0.3) is 0 Å². The quantitative estimate of drug-likeness (QED) is 0.886. The number of carbonyl (C=O) groups is 1. The number of ether oxygens (including phenoxy) is 3. The van der Waals surface area contributed by atoms with E-state index in [2.05, 4.69) is 5.32 Å². The Labute approximate surface area is 141 Å². The first kappa shape index (κ1) is 16.3. The van der Waals surface area contributed by atoms with E-state index in [-0.39, 0.29) is 24.7 Å². The van der Waals surface area contributed by atoms with Crippen molar-refractivity contribution in [3.8, 4) is 11.5 Å². The molecule has 1 heterocycles. The van der Waals surface area contributed by atoms with Gasteiger partial charge in [-0.25, -0.2) is 0 Å². The summed E-state index contributed by atoms with van der Waals surface area (Å²) >= 11 is 0. The predicted molar refractivity (Wildman–Crippen MR) is 90.2 cm³/mol. The molecule has 0 aliphatic carbocycles. The summed E-state index contributed by atoms with van der Waals surface area (Å²) in [6.45, 7) is 2.96. The van der Waals surface area contributed by atoms with Gasteiger partial charge in [0.2, 0.25) is 5.91 Å². The maximum absolute atomic E-state index is 11.4. The molecule has 2 aromatic rings. The summed E-state index contributed by atoms with van der Waals surface area (Å²) in [5.74, 6) is 1.25. The Hall–Kier alpha value is -2.53. The molecule has 1 saturated heterocycles. The van der Waals surface area contributed by atoms with Crippen molar-refractivity contribution in [3.05, 3.63) is 60.2 Å². The third kappa shape index (κ3) is 3.86. The molecule has 5 heteroatoms. The van der Waals surface area contributed by atoms with Crippen molar-refractivity contribution in [2.75, 3.05) is 19.8 Å². The molecule has 0 aromatic heterocycles. The van der Waals surface area contributed by atoms with Crippen LogP contribution in [0.4, 0.5) is 0 Å². The third-order valence-corrected chi connectivity index (χ3v) is 3.80. The number of amides is 1. The predicted octanol–water partition coefficient (Wildman–Crippen LogP) is 2.72. The van der Waals surface area contributed by atoms with Crippen molar-refractivity contribution < 1.29 is 19.0 Å². The van der Waals surface area contributed by atoms with E-state index in [1.165, 1.54) is 0 Å². The molecule has 0 spiro atoms. The summed E-state index contributed by atoms with van der Waals surface area (Å²) < 4.78 is 17.6. The number of hydrogen-bond acceptors (Lipinski definition) is 4. The molecule has 0 saturated carbocycles. The molecular weight excluding hydrogens is 306 g/mol. The number of nitrogens with one attached hydrogen (secondary N) is 1. The molecule has 1 N–H and O–H groups in total. The second-order valence-corrected chi connectivity index (χ2v) is 5.48. The van der Waals surface area contributed by atoms with Gasteiger partial charge >= 0.3 is 0 Å². The van der Waals surface area contributed by atoms with Crippen LogP contribution in [0.5, 0.6) is 11.5 Å². The molecule has 0 unspecified atom stereocenters. The lowest BCUT2D eigenvalue weighted by atomic mass is 10.0. The van der Waals surface area contributed by atoms with E-state index in [1.807, 2.05) is 61.5 Å². The topological polar surface area (TPSA) is 56.8 Å². The van der Waals surface area contributed by atoms with Crippen LogP contribution in [0.1, 0.15) is 18.6 Å². The lowest BCUT2D eigenvalue weighted by Gasteiger charge is -2.31. The Balaban J connectivity index is 1.86. The van der Waals surface area contributed by atoms with Gasteiger partial charge in [0.05, 0.1) is 6.61 Å². The zero-order chi connectivity index (χ0) is 16.8. The van der Waals surface area contributed by atoms with Crippen molar-refractivity contribution in [1.82, 2.24) is 5.32 Å². The molecule has 2 aromatic carbocycles. The number of morpholine rings is 1. The van der Waals surface area contributed by atoms with Crippen molar-refractivity contribution in [2.24, 2.45) is 0 Å². The number of para-hydroxylation sites is 2. The van der Waals surface area contributed by atoms with Gasteiger partial charge in [-0.1, -0.05) is 42.5 Å². The van der Waals surface area contributed by atoms with Gasteiger partial charge in [-0.05, 0) is 24.6 Å². The summed E-state index contributed by atoms with van der Waals surface area (Å²) in [6.07, 6.45) is -0.604. The SMILES string of the molecule is CCOc1ccccc1O[C@@H](c1ccccc1)[C@@H]1CNC(=O)CO1. The van der Waals surface area contributed by atoms with E-state index >= 15 is 0 Å². The Morgan fingerprint density at radius 3 is 2.50 bits per heavy atom. The van der Waals surface area contributed by atoms with Gasteiger partial charge in [-0.15, -0.1) is 0 Å². The average molecular weight is 327 g/mol. The number of carbonyl (C=O) groups excluding carboxylic acids is 1. The van der Waals surface area contributed by atoms with Crippen molar-refractivity contribution >= 4 is 5.91 Å². The van der Waals surface area contributed by atoms with Gasteiger partial charge in [-0.3, -0.25) is 4.79 Å². The highest BCUT2D eigenvalue weighted by atomic mass is 16.6. The highest BCUT2D eigenvalue weighted by molar-refractivity contribution is 5.77. The van der Waals surface area contributed by atoms with Crippen LogP contribution in [0.3, 0.4) is 0 Å². The first-order valence-electron chi connectivity index (χ1n) is 8.09. The van der Waals surface area contributed by atoms with Gasteiger partial charge < -0.3 is 19.5 Å². The minimum atomic E-state index is -0.339. The lowest BCUT2D eigenvalue weighted by molar-refractivity contribution is -0.137. The third-order valence-electron chi connectivity index (χ3n) is 3.80. The van der Waals surface area contributed by atoms with E-state index in [0.29, 0.717) is 24.7 Å². The maximum atomic E-state index is 11.4. The van der Waals surface area contributed by atoms with Gasteiger partial charge in [0, 0.05) is 6.54 Å².